The molecule has 3 nitrogen and oxygen atoms in total. The molecule has 0 aromatic heterocycles. The van der Waals surface area contributed by atoms with Gasteiger partial charge in [0, 0.05) is 0 Å². The summed E-state index contributed by atoms with van der Waals surface area (Å²) < 4.78 is 21.1. The number of ether oxygens (including phenoxy) is 3. The van der Waals surface area contributed by atoms with Crippen molar-refractivity contribution in [3.05, 3.63) is 22.3 Å². The summed E-state index contributed by atoms with van der Waals surface area (Å²) >= 11 is 0. The molecule has 200 valence electrons. The summed E-state index contributed by atoms with van der Waals surface area (Å²) in [5.41, 5.74) is 5.90. The first kappa shape index (κ1) is 27.4. The van der Waals surface area contributed by atoms with Crippen LogP contribution in [0, 0.1) is 5.92 Å². The largest absolute Gasteiger partial charge is 0.368 e. The third kappa shape index (κ3) is 6.44. The summed E-state index contributed by atoms with van der Waals surface area (Å²) in [5.74, 6) is 0.737. The average molecular weight is 487 g/mol. The maximum Gasteiger partial charge on any atom is 0.106 e. The lowest BCUT2D eigenvalue weighted by Crippen LogP contribution is -2.47. The number of rotatable bonds is 8. The van der Waals surface area contributed by atoms with Crippen LogP contribution >= 0.6 is 0 Å². The van der Waals surface area contributed by atoms with Crippen LogP contribution in [0.4, 0.5) is 0 Å². The molecule has 0 saturated heterocycles. The van der Waals surface area contributed by atoms with Gasteiger partial charge >= 0.3 is 0 Å². The van der Waals surface area contributed by atoms with Gasteiger partial charge in [-0.3, -0.25) is 0 Å². The Balaban J connectivity index is 1.76. The monoisotopic (exact) mass is 486 g/mol. The van der Waals surface area contributed by atoms with E-state index in [1.54, 1.807) is 11.1 Å². The van der Waals surface area contributed by atoms with Crippen LogP contribution < -0.4 is 0 Å². The predicted octanol–water partition coefficient (Wildman–Crippen LogP) is 8.85. The first-order chi connectivity index (χ1) is 16.4. The van der Waals surface area contributed by atoms with Gasteiger partial charge in [-0.25, -0.2) is 0 Å². The fourth-order valence-electron chi connectivity index (χ4n) is 7.14. The van der Waals surface area contributed by atoms with E-state index in [1.165, 1.54) is 68.9 Å². The summed E-state index contributed by atoms with van der Waals surface area (Å²) in [6.45, 7) is 18.1. The minimum Gasteiger partial charge on any atom is -0.368 e. The van der Waals surface area contributed by atoms with Crippen LogP contribution in [0.5, 0.6) is 0 Å². The van der Waals surface area contributed by atoms with Crippen molar-refractivity contribution in [1.82, 2.24) is 0 Å². The van der Waals surface area contributed by atoms with Crippen molar-refractivity contribution in [1.29, 1.82) is 0 Å². The third-order valence-corrected chi connectivity index (χ3v) is 9.10. The van der Waals surface area contributed by atoms with Crippen molar-refractivity contribution >= 4 is 0 Å². The molecule has 0 amide bonds. The molecule has 0 bridgehead atoms. The molecule has 0 spiro atoms. The van der Waals surface area contributed by atoms with E-state index in [0.717, 1.165) is 31.6 Å². The topological polar surface area (TPSA) is 27.7 Å². The second-order valence-electron chi connectivity index (χ2n) is 13.9. The van der Waals surface area contributed by atoms with Crippen LogP contribution in [0.2, 0.25) is 0 Å². The van der Waals surface area contributed by atoms with Gasteiger partial charge in [-0.2, -0.15) is 0 Å². The SMILES string of the molecule is CCCC1CC2=C(C(OC3(C)CCCC3)C1)C(OC(C)(C)CC)C1=C(CCCC1OC(C)(C)C)C2. The fraction of sp³-hybridized carbons (Fsp3) is 0.875. The summed E-state index contributed by atoms with van der Waals surface area (Å²) in [5, 5.41) is 0. The molecule has 1 saturated carbocycles. The molecule has 0 N–H and O–H groups in total. The Morgan fingerprint density at radius 2 is 1.57 bits per heavy atom. The summed E-state index contributed by atoms with van der Waals surface area (Å²) in [6.07, 6.45) is 15.9. The van der Waals surface area contributed by atoms with Crippen LogP contribution in [0.25, 0.3) is 0 Å². The van der Waals surface area contributed by atoms with Crippen LogP contribution in [0.15, 0.2) is 22.3 Å². The maximum absolute atomic E-state index is 7.18. The molecular formula is C32H54O3. The lowest BCUT2D eigenvalue weighted by molar-refractivity contribution is -0.109. The van der Waals surface area contributed by atoms with E-state index in [-0.39, 0.29) is 35.1 Å². The maximum atomic E-state index is 7.18. The molecule has 0 aromatic carbocycles. The molecule has 0 heterocycles. The zero-order valence-electron chi connectivity index (χ0n) is 24.2. The van der Waals surface area contributed by atoms with E-state index >= 15 is 0 Å². The van der Waals surface area contributed by atoms with E-state index in [1.807, 2.05) is 0 Å². The number of hydrogen-bond donors (Lipinski definition) is 0. The van der Waals surface area contributed by atoms with E-state index < -0.39 is 0 Å². The van der Waals surface area contributed by atoms with Gasteiger partial charge in [-0.05, 0) is 116 Å². The minimum absolute atomic E-state index is 0.00827. The lowest BCUT2D eigenvalue weighted by Gasteiger charge is -2.48. The third-order valence-electron chi connectivity index (χ3n) is 9.10. The van der Waals surface area contributed by atoms with E-state index in [2.05, 4.69) is 55.4 Å². The average Bonchev–Trinajstić information content (AvgIpc) is 3.18. The molecule has 4 aliphatic carbocycles. The molecule has 4 unspecified atom stereocenters. The van der Waals surface area contributed by atoms with Crippen LogP contribution in [-0.2, 0) is 14.2 Å². The molecule has 4 aliphatic rings. The van der Waals surface area contributed by atoms with Crippen LogP contribution in [0.1, 0.15) is 139 Å². The fourth-order valence-corrected chi connectivity index (χ4v) is 7.14. The predicted molar refractivity (Wildman–Crippen MR) is 146 cm³/mol. The number of allylic oxidation sites excluding steroid dienone is 2. The Morgan fingerprint density at radius 3 is 2.20 bits per heavy atom. The lowest BCUT2D eigenvalue weighted by atomic mass is 9.68. The van der Waals surface area contributed by atoms with Gasteiger partial charge in [0.1, 0.15) is 6.10 Å². The molecule has 35 heavy (non-hydrogen) atoms. The van der Waals surface area contributed by atoms with Crippen LogP contribution in [0.3, 0.4) is 0 Å². The normalized spacial score (nSPS) is 31.5. The molecule has 4 atom stereocenters. The summed E-state index contributed by atoms with van der Waals surface area (Å²) in [6, 6.07) is 0. The zero-order chi connectivity index (χ0) is 25.4. The Hall–Kier alpha value is -0.640. The van der Waals surface area contributed by atoms with Gasteiger partial charge in [0.25, 0.3) is 0 Å². The quantitative estimate of drug-likeness (QED) is 0.321. The highest BCUT2D eigenvalue weighted by Crippen LogP contribution is 2.51. The molecule has 0 aliphatic heterocycles. The van der Waals surface area contributed by atoms with Gasteiger partial charge in [0.05, 0.1) is 29.0 Å². The highest BCUT2D eigenvalue weighted by molar-refractivity contribution is 5.46. The van der Waals surface area contributed by atoms with Crippen LogP contribution in [-0.4, -0.2) is 35.1 Å². The molecule has 0 radical (unpaired) electrons. The first-order valence-corrected chi connectivity index (χ1v) is 14.9. The standard InChI is InChI=1S/C32H54O3/c1-9-14-22-19-24-21-23-15-13-16-25(33-30(3,4)5)27(23)29(35-31(6,7)10-2)28(24)26(20-22)34-32(8)17-11-12-18-32/h22,25-26,29H,9-21H2,1-8H3. The molecular weight excluding hydrogens is 432 g/mol. The van der Waals surface area contributed by atoms with E-state index in [4.69, 9.17) is 14.2 Å². The van der Waals surface area contributed by atoms with Gasteiger partial charge < -0.3 is 14.2 Å². The summed E-state index contributed by atoms with van der Waals surface area (Å²) in [7, 11) is 0. The van der Waals surface area contributed by atoms with Crippen molar-refractivity contribution < 1.29 is 14.2 Å². The Bertz CT molecular complexity index is 805. The Kier molecular flexibility index (Phi) is 8.31. The van der Waals surface area contributed by atoms with Crippen molar-refractivity contribution in [2.45, 2.75) is 174 Å². The molecule has 0 aromatic rings. The molecule has 1 fully saturated rings. The van der Waals surface area contributed by atoms with Crippen molar-refractivity contribution in [3.63, 3.8) is 0 Å². The molecule has 3 heteroatoms. The number of hydrogen-bond acceptors (Lipinski definition) is 3. The van der Waals surface area contributed by atoms with Gasteiger partial charge in [0.2, 0.25) is 0 Å². The van der Waals surface area contributed by atoms with Gasteiger partial charge in [-0.1, -0.05) is 50.7 Å². The van der Waals surface area contributed by atoms with Gasteiger partial charge in [-0.15, -0.1) is 0 Å². The molecule has 4 rings (SSSR count). The second-order valence-corrected chi connectivity index (χ2v) is 13.9. The van der Waals surface area contributed by atoms with E-state index in [9.17, 15) is 0 Å². The smallest absolute Gasteiger partial charge is 0.106 e. The highest BCUT2D eigenvalue weighted by atomic mass is 16.5. The Labute approximate surface area is 216 Å². The highest BCUT2D eigenvalue weighted by Gasteiger charge is 2.47. The van der Waals surface area contributed by atoms with Gasteiger partial charge in [0.15, 0.2) is 0 Å². The van der Waals surface area contributed by atoms with Crippen molar-refractivity contribution in [3.8, 4) is 0 Å². The minimum atomic E-state index is -0.177. The first-order valence-electron chi connectivity index (χ1n) is 14.9. The van der Waals surface area contributed by atoms with Crippen molar-refractivity contribution in [2.24, 2.45) is 5.92 Å². The Morgan fingerprint density at radius 1 is 0.886 bits per heavy atom. The summed E-state index contributed by atoms with van der Waals surface area (Å²) in [4.78, 5) is 0. The van der Waals surface area contributed by atoms with E-state index in [0.29, 0.717) is 0 Å². The van der Waals surface area contributed by atoms with Crippen molar-refractivity contribution in [2.75, 3.05) is 0 Å². The zero-order valence-corrected chi connectivity index (χ0v) is 24.2. The second kappa shape index (κ2) is 10.6.